The van der Waals surface area contributed by atoms with Crippen LogP contribution in [0.5, 0.6) is 0 Å². The highest BCUT2D eigenvalue weighted by atomic mass is 79.9. The van der Waals surface area contributed by atoms with Crippen molar-refractivity contribution in [3.63, 3.8) is 0 Å². The van der Waals surface area contributed by atoms with Gasteiger partial charge in [-0.15, -0.1) is 4.91 Å². The van der Waals surface area contributed by atoms with Gasteiger partial charge in [-0.05, 0) is 34.4 Å². The lowest BCUT2D eigenvalue weighted by Crippen LogP contribution is -1.87. The molecule has 106 valence electrons. The first kappa shape index (κ1) is 13.0. The summed E-state index contributed by atoms with van der Waals surface area (Å²) in [7, 11) is -1.46. The number of nitrogens with zero attached hydrogens (tertiary/aromatic N) is 3. The number of nitrogens with one attached hydrogen (secondary N) is 1. The molecule has 0 fully saturated rings. The highest BCUT2D eigenvalue weighted by Crippen LogP contribution is 2.69. The molecule has 0 saturated heterocycles. The molecule has 1 atom stereocenters. The van der Waals surface area contributed by atoms with Crippen LogP contribution in [-0.2, 0) is 6.42 Å². The predicted octanol–water partition coefficient (Wildman–Crippen LogP) is 4.39. The Bertz CT molecular complexity index is 935. The highest BCUT2D eigenvalue weighted by Gasteiger charge is 2.36. The number of allylic oxidation sites excluding steroid dienone is 1. The topological polar surface area (TPSA) is 71.0 Å². The summed E-state index contributed by atoms with van der Waals surface area (Å²) in [5.74, 6) is 0.852. The van der Waals surface area contributed by atoms with Gasteiger partial charge in [-0.2, -0.15) is 0 Å². The van der Waals surface area contributed by atoms with Crippen molar-refractivity contribution in [3.8, 4) is 0 Å². The maximum atomic E-state index is 10.8. The van der Waals surface area contributed by atoms with Gasteiger partial charge in [0, 0.05) is 21.2 Å². The predicted molar refractivity (Wildman–Crippen MR) is 90.2 cm³/mol. The molecule has 1 N–H and O–H groups in total. The number of benzene rings is 1. The molecule has 2 aromatic heterocycles. The van der Waals surface area contributed by atoms with Gasteiger partial charge < -0.3 is 4.98 Å². The average molecular weight is 363 g/mol. The van der Waals surface area contributed by atoms with Crippen LogP contribution in [0.1, 0.15) is 5.82 Å². The van der Waals surface area contributed by atoms with Gasteiger partial charge in [-0.1, -0.05) is 26.1 Å². The number of aromatic amines is 1. The second-order valence-corrected chi connectivity index (χ2v) is 8.83. The molecule has 1 aliphatic rings. The number of pyridine rings is 1. The van der Waals surface area contributed by atoms with Crippen LogP contribution < -0.4 is 0 Å². The summed E-state index contributed by atoms with van der Waals surface area (Å²) in [5, 5.41) is 2.99. The number of nitroso groups, excluding NO2 is 1. The van der Waals surface area contributed by atoms with Gasteiger partial charge >= 0.3 is 0 Å². The summed E-state index contributed by atoms with van der Waals surface area (Å²) in [6.07, 6.45) is 4.32. The van der Waals surface area contributed by atoms with Gasteiger partial charge in [0.1, 0.15) is 11.3 Å². The van der Waals surface area contributed by atoms with Crippen LogP contribution in [0, 0.1) is 4.91 Å². The van der Waals surface area contributed by atoms with Gasteiger partial charge in [-0.25, -0.2) is 4.98 Å². The molecule has 1 aromatic carbocycles. The zero-order valence-electron chi connectivity index (χ0n) is 11.1. The Hall–Kier alpha value is -1.73. The monoisotopic (exact) mass is 362 g/mol. The Morgan fingerprint density at radius 3 is 3.00 bits per heavy atom. The van der Waals surface area contributed by atoms with E-state index in [0.717, 1.165) is 37.1 Å². The normalized spacial score (nSPS) is 23.8. The lowest BCUT2D eigenvalue weighted by atomic mass is 10.2. The van der Waals surface area contributed by atoms with Gasteiger partial charge in [0.15, 0.2) is 0 Å². The van der Waals surface area contributed by atoms with E-state index in [1.54, 1.807) is 6.20 Å². The Morgan fingerprint density at radius 2 is 2.24 bits per heavy atom. The van der Waals surface area contributed by atoms with Crippen molar-refractivity contribution in [1.29, 1.82) is 0 Å². The van der Waals surface area contributed by atoms with Crippen molar-refractivity contribution in [1.82, 2.24) is 15.0 Å². The fourth-order valence-corrected chi connectivity index (χ4v) is 4.32. The van der Waals surface area contributed by atoms with Crippen molar-refractivity contribution < 1.29 is 0 Å². The minimum Gasteiger partial charge on any atom is -0.341 e. The van der Waals surface area contributed by atoms with E-state index in [4.69, 9.17) is 0 Å². The molecule has 5 nitrogen and oxygen atoms in total. The average Bonchev–Trinajstić information content (AvgIpc) is 2.94. The van der Waals surface area contributed by atoms with E-state index in [2.05, 4.69) is 35.5 Å². The SMILES string of the molecule is CS1(N=O)C=C1Cc1nc2cnc3ccc(Br)cc3c2[nH]1. The third-order valence-corrected chi connectivity index (χ3v) is 6.28. The number of aromatic nitrogens is 3. The Kier molecular flexibility index (Phi) is 2.71. The van der Waals surface area contributed by atoms with Crippen LogP contribution in [-0.4, -0.2) is 21.2 Å². The number of rotatable bonds is 3. The second-order valence-electron chi connectivity index (χ2n) is 5.14. The Labute approximate surface area is 130 Å². The van der Waals surface area contributed by atoms with E-state index >= 15 is 0 Å². The molecule has 1 unspecified atom stereocenters. The molecule has 4 rings (SSSR count). The molecule has 0 spiro atoms. The summed E-state index contributed by atoms with van der Waals surface area (Å²) < 4.78 is 4.21. The minimum absolute atomic E-state index is 0.655. The Balaban J connectivity index is 1.79. The van der Waals surface area contributed by atoms with Crippen molar-refractivity contribution in [2.75, 3.05) is 6.26 Å². The molecule has 3 heterocycles. The van der Waals surface area contributed by atoms with E-state index in [9.17, 15) is 4.91 Å². The van der Waals surface area contributed by atoms with Crippen molar-refractivity contribution in [2.24, 2.45) is 4.58 Å². The molecule has 7 heteroatoms. The third-order valence-electron chi connectivity index (χ3n) is 3.67. The molecule has 0 saturated carbocycles. The van der Waals surface area contributed by atoms with Crippen LogP contribution in [0.25, 0.3) is 21.9 Å². The smallest absolute Gasteiger partial charge is 0.112 e. The van der Waals surface area contributed by atoms with E-state index in [1.165, 1.54) is 0 Å². The number of H-pyrrole nitrogens is 1. The molecule has 21 heavy (non-hydrogen) atoms. The van der Waals surface area contributed by atoms with Crippen molar-refractivity contribution >= 4 is 48.1 Å². The first-order chi connectivity index (χ1) is 10.1. The van der Waals surface area contributed by atoms with E-state index in [0.29, 0.717) is 6.42 Å². The van der Waals surface area contributed by atoms with Crippen molar-refractivity contribution in [3.05, 3.63) is 49.9 Å². The zero-order valence-corrected chi connectivity index (χ0v) is 13.5. The highest BCUT2D eigenvalue weighted by molar-refractivity contribution is 9.10. The van der Waals surface area contributed by atoms with Gasteiger partial charge in [0.25, 0.3) is 0 Å². The van der Waals surface area contributed by atoms with E-state index in [-0.39, 0.29) is 0 Å². The molecule has 1 aliphatic heterocycles. The second kappa shape index (κ2) is 4.38. The van der Waals surface area contributed by atoms with Crippen molar-refractivity contribution in [2.45, 2.75) is 6.42 Å². The van der Waals surface area contributed by atoms with Crippen LogP contribution >= 0.6 is 26.1 Å². The summed E-state index contributed by atoms with van der Waals surface area (Å²) in [6, 6.07) is 5.98. The summed E-state index contributed by atoms with van der Waals surface area (Å²) in [4.78, 5) is 24.2. The number of halogens is 1. The van der Waals surface area contributed by atoms with E-state index in [1.807, 2.05) is 29.9 Å². The minimum atomic E-state index is -1.46. The standard InChI is InChI=1S/C14H11BrN4OS/c1-21(19-20)7-9(21)5-13-17-12-6-16-11-3-2-8(15)4-10(11)14(12)18-13/h2-4,6-7H,5H2,1H3,(H,17,18). The first-order valence-corrected chi connectivity index (χ1v) is 9.21. The fourth-order valence-electron chi connectivity index (χ4n) is 2.43. The molecule has 0 radical (unpaired) electrons. The maximum absolute atomic E-state index is 10.8. The molecular weight excluding hydrogens is 352 g/mol. The molecule has 3 aromatic rings. The molecule has 0 amide bonds. The quantitative estimate of drug-likeness (QED) is 0.702. The summed E-state index contributed by atoms with van der Waals surface area (Å²) >= 11 is 3.48. The zero-order chi connectivity index (χ0) is 14.6. The maximum Gasteiger partial charge on any atom is 0.112 e. The van der Waals surface area contributed by atoms with Crippen LogP contribution in [0.4, 0.5) is 0 Å². The fraction of sp³-hybridized carbons (Fsp3) is 0.143. The number of fused-ring (bicyclic) bond motifs is 3. The third kappa shape index (κ3) is 2.08. The molecule has 0 bridgehead atoms. The van der Waals surface area contributed by atoms with Crippen LogP contribution in [0.15, 0.2) is 43.8 Å². The van der Waals surface area contributed by atoms with Crippen LogP contribution in [0.3, 0.4) is 0 Å². The van der Waals surface area contributed by atoms with E-state index < -0.39 is 10.2 Å². The largest absolute Gasteiger partial charge is 0.341 e. The lowest BCUT2D eigenvalue weighted by Gasteiger charge is -2.04. The molecule has 0 aliphatic carbocycles. The summed E-state index contributed by atoms with van der Waals surface area (Å²) in [5.41, 5.74) is 2.75. The first-order valence-electron chi connectivity index (χ1n) is 6.35. The van der Waals surface area contributed by atoms with Gasteiger partial charge in [0.2, 0.25) is 0 Å². The van der Waals surface area contributed by atoms with Crippen LogP contribution in [0.2, 0.25) is 0 Å². The number of hydrogen-bond acceptors (Lipinski definition) is 4. The Morgan fingerprint density at radius 1 is 1.38 bits per heavy atom. The van der Waals surface area contributed by atoms with Gasteiger partial charge in [0.05, 0.1) is 17.2 Å². The van der Waals surface area contributed by atoms with Gasteiger partial charge in [-0.3, -0.25) is 4.98 Å². The number of hydrogen-bond donors (Lipinski definition) is 1. The number of imidazole rings is 1. The molecular formula is C14H11BrN4OS. The lowest BCUT2D eigenvalue weighted by molar-refractivity contribution is 1.07. The summed E-state index contributed by atoms with van der Waals surface area (Å²) in [6.45, 7) is 0.